The minimum Gasteiger partial charge on any atom is -0.395 e. The number of nitrogens with two attached hydrogens (primary N) is 1. The van der Waals surface area contributed by atoms with Crippen LogP contribution >= 0.6 is 0 Å². The van der Waals surface area contributed by atoms with E-state index >= 15 is 0 Å². The molecule has 1 saturated heterocycles. The quantitative estimate of drug-likeness (QED) is 0.505. The number of aliphatic hydroxyl groups is 1. The van der Waals surface area contributed by atoms with Gasteiger partial charge in [0.15, 0.2) is 0 Å². The summed E-state index contributed by atoms with van der Waals surface area (Å²) >= 11 is 0. The Kier molecular flexibility index (Phi) is 4.93. The van der Waals surface area contributed by atoms with Gasteiger partial charge in [-0.15, -0.1) is 0 Å². The molecule has 1 fully saturated rings. The molecule has 10 heteroatoms. The maximum Gasteiger partial charge on any atom is 0.353 e. The Morgan fingerprint density at radius 1 is 1.45 bits per heavy atom. The molecule has 1 aliphatic rings. The number of nitrogen functional groups attached to an aromatic ring is 1. The first-order valence-electron chi connectivity index (χ1n) is 6.99. The molecule has 10 nitrogen and oxygen atoms in total. The monoisotopic (exact) mass is 312 g/mol. The van der Waals surface area contributed by atoms with Gasteiger partial charge >= 0.3 is 5.69 Å². The van der Waals surface area contributed by atoms with Gasteiger partial charge in [0.05, 0.1) is 23.7 Å². The fourth-order valence-electron chi connectivity index (χ4n) is 2.45. The van der Waals surface area contributed by atoms with Gasteiger partial charge in [-0.3, -0.25) is 10.1 Å². The third-order valence-corrected chi connectivity index (χ3v) is 3.19. The summed E-state index contributed by atoms with van der Waals surface area (Å²) in [6.45, 7) is 4.85. The third-order valence-electron chi connectivity index (χ3n) is 3.19. The van der Waals surface area contributed by atoms with Crippen molar-refractivity contribution in [2.75, 3.05) is 42.2 Å². The van der Waals surface area contributed by atoms with E-state index in [0.717, 1.165) is 0 Å². The summed E-state index contributed by atoms with van der Waals surface area (Å²) in [4.78, 5) is 20.6. The van der Waals surface area contributed by atoms with Crippen LogP contribution in [-0.4, -0.2) is 58.4 Å². The highest BCUT2D eigenvalue weighted by atomic mass is 16.6. The predicted octanol–water partition coefficient (Wildman–Crippen LogP) is -0.0152. The van der Waals surface area contributed by atoms with Crippen LogP contribution in [0.15, 0.2) is 0 Å². The summed E-state index contributed by atoms with van der Waals surface area (Å²) in [5.41, 5.74) is 5.41. The average molecular weight is 312 g/mol. The van der Waals surface area contributed by atoms with Crippen LogP contribution in [-0.2, 0) is 4.74 Å². The minimum absolute atomic E-state index is 0.0756. The second-order valence-electron chi connectivity index (χ2n) is 5.17. The first-order chi connectivity index (χ1) is 10.4. The fraction of sp³-hybridized carbons (Fsp3) is 0.667. The third kappa shape index (κ3) is 3.52. The second-order valence-corrected chi connectivity index (χ2v) is 5.17. The van der Waals surface area contributed by atoms with Crippen molar-refractivity contribution in [2.45, 2.75) is 26.1 Å². The Bertz CT molecular complexity index is 545. The van der Waals surface area contributed by atoms with Crippen LogP contribution < -0.4 is 16.0 Å². The van der Waals surface area contributed by atoms with Gasteiger partial charge in [0, 0.05) is 19.6 Å². The van der Waals surface area contributed by atoms with Gasteiger partial charge in [-0.1, -0.05) is 0 Å². The minimum atomic E-state index is -0.578. The van der Waals surface area contributed by atoms with Crippen molar-refractivity contribution in [3.05, 3.63) is 10.1 Å². The van der Waals surface area contributed by atoms with Gasteiger partial charge in [-0.25, -0.2) is 0 Å². The van der Waals surface area contributed by atoms with Crippen LogP contribution in [0.2, 0.25) is 0 Å². The molecule has 0 amide bonds. The molecule has 2 atom stereocenters. The molecule has 1 aliphatic heterocycles. The van der Waals surface area contributed by atoms with Gasteiger partial charge in [0.2, 0.25) is 17.6 Å². The Morgan fingerprint density at radius 2 is 2.09 bits per heavy atom. The molecule has 2 rings (SSSR count). The largest absolute Gasteiger partial charge is 0.395 e. The zero-order chi connectivity index (χ0) is 16.3. The fourth-order valence-corrected chi connectivity index (χ4v) is 2.45. The number of nitro groups is 1. The summed E-state index contributed by atoms with van der Waals surface area (Å²) in [6, 6.07) is 0. The van der Waals surface area contributed by atoms with Crippen molar-refractivity contribution in [1.82, 2.24) is 9.97 Å². The van der Waals surface area contributed by atoms with Gasteiger partial charge in [-0.2, -0.15) is 9.97 Å². The highest BCUT2D eigenvalue weighted by Gasteiger charge is 2.31. The highest BCUT2D eigenvalue weighted by Crippen LogP contribution is 2.33. The molecule has 0 bridgehead atoms. The van der Waals surface area contributed by atoms with Crippen LogP contribution in [0.1, 0.15) is 13.8 Å². The van der Waals surface area contributed by atoms with E-state index in [1.54, 1.807) is 4.90 Å². The standard InChI is InChI=1S/C12H20N6O4/c1-7-5-17(6-8(2)22-7)11-9(18(20)21)10(13)15-12(16-11)14-3-4-19/h7-8,19H,3-6H2,1-2H3,(H3,13,14,15,16). The van der Waals surface area contributed by atoms with E-state index in [-0.39, 0.29) is 48.6 Å². The normalized spacial score (nSPS) is 21.7. The molecule has 1 aromatic heterocycles. The first kappa shape index (κ1) is 16.2. The highest BCUT2D eigenvalue weighted by molar-refractivity contribution is 5.71. The van der Waals surface area contributed by atoms with E-state index in [2.05, 4.69) is 15.3 Å². The maximum absolute atomic E-state index is 11.3. The summed E-state index contributed by atoms with van der Waals surface area (Å²) in [7, 11) is 0. The first-order valence-corrected chi connectivity index (χ1v) is 6.99. The summed E-state index contributed by atoms with van der Waals surface area (Å²) in [5, 5.41) is 22.9. The number of nitrogens with zero attached hydrogens (tertiary/aromatic N) is 4. The van der Waals surface area contributed by atoms with E-state index in [4.69, 9.17) is 15.6 Å². The molecule has 0 aliphatic carbocycles. The zero-order valence-electron chi connectivity index (χ0n) is 12.5. The Hall–Kier alpha value is -2.20. The van der Waals surface area contributed by atoms with Crippen molar-refractivity contribution >= 4 is 23.3 Å². The van der Waals surface area contributed by atoms with Crippen LogP contribution in [0.25, 0.3) is 0 Å². The number of ether oxygens (including phenoxy) is 1. The van der Waals surface area contributed by atoms with Crippen molar-refractivity contribution in [3.63, 3.8) is 0 Å². The lowest BCUT2D eigenvalue weighted by Gasteiger charge is -2.35. The Morgan fingerprint density at radius 3 is 2.64 bits per heavy atom. The van der Waals surface area contributed by atoms with Crippen LogP contribution in [0.3, 0.4) is 0 Å². The summed E-state index contributed by atoms with van der Waals surface area (Å²) < 4.78 is 5.63. The molecule has 2 unspecified atom stereocenters. The summed E-state index contributed by atoms with van der Waals surface area (Å²) in [5.74, 6) is 0.112. The molecule has 2 heterocycles. The second kappa shape index (κ2) is 6.71. The summed E-state index contributed by atoms with van der Waals surface area (Å²) in [6.07, 6.45) is -0.151. The topological polar surface area (TPSA) is 140 Å². The van der Waals surface area contributed by atoms with E-state index in [9.17, 15) is 10.1 Å². The van der Waals surface area contributed by atoms with E-state index in [1.165, 1.54) is 0 Å². The average Bonchev–Trinajstić information content (AvgIpc) is 2.42. The molecule has 0 spiro atoms. The molecule has 0 aromatic carbocycles. The van der Waals surface area contributed by atoms with Crippen LogP contribution in [0.4, 0.5) is 23.3 Å². The van der Waals surface area contributed by atoms with E-state index in [1.807, 2.05) is 13.8 Å². The van der Waals surface area contributed by atoms with Gasteiger partial charge in [0.25, 0.3) is 0 Å². The van der Waals surface area contributed by atoms with Crippen molar-refractivity contribution in [2.24, 2.45) is 0 Å². The van der Waals surface area contributed by atoms with E-state index < -0.39 is 4.92 Å². The number of aromatic nitrogens is 2. The van der Waals surface area contributed by atoms with Crippen molar-refractivity contribution in [3.8, 4) is 0 Å². The van der Waals surface area contributed by atoms with Gasteiger partial charge < -0.3 is 25.8 Å². The number of hydrogen-bond acceptors (Lipinski definition) is 9. The molecule has 122 valence electrons. The lowest BCUT2D eigenvalue weighted by molar-refractivity contribution is -0.383. The van der Waals surface area contributed by atoms with Crippen LogP contribution in [0.5, 0.6) is 0 Å². The lowest BCUT2D eigenvalue weighted by atomic mass is 10.2. The van der Waals surface area contributed by atoms with Crippen LogP contribution in [0, 0.1) is 10.1 Å². The smallest absolute Gasteiger partial charge is 0.353 e. The van der Waals surface area contributed by atoms with Gasteiger partial charge in [0.1, 0.15) is 0 Å². The molecule has 0 radical (unpaired) electrons. The SMILES string of the molecule is CC1CN(c2nc(NCCO)nc(N)c2[N+](=O)[O-])CC(C)O1. The number of aliphatic hydroxyl groups excluding tert-OH is 1. The van der Waals surface area contributed by atoms with Crippen molar-refractivity contribution < 1.29 is 14.8 Å². The number of anilines is 3. The zero-order valence-corrected chi connectivity index (χ0v) is 12.5. The molecule has 0 saturated carbocycles. The van der Waals surface area contributed by atoms with Crippen molar-refractivity contribution in [1.29, 1.82) is 0 Å². The predicted molar refractivity (Wildman–Crippen MR) is 80.9 cm³/mol. The number of hydrogen-bond donors (Lipinski definition) is 3. The lowest BCUT2D eigenvalue weighted by Crippen LogP contribution is -2.46. The Labute approximate surface area is 127 Å². The number of rotatable bonds is 5. The molecule has 4 N–H and O–H groups in total. The number of morpholine rings is 1. The Balaban J connectivity index is 2.41. The number of nitrogens with one attached hydrogen (secondary N) is 1. The molecule has 1 aromatic rings. The molecule has 22 heavy (non-hydrogen) atoms. The molecular formula is C12H20N6O4. The van der Waals surface area contributed by atoms with E-state index in [0.29, 0.717) is 13.1 Å². The molecular weight excluding hydrogens is 292 g/mol. The maximum atomic E-state index is 11.3. The van der Waals surface area contributed by atoms with Gasteiger partial charge in [-0.05, 0) is 13.8 Å².